The lowest BCUT2D eigenvalue weighted by Gasteiger charge is -2.11. The van der Waals surface area contributed by atoms with E-state index in [1.54, 1.807) is 0 Å². The summed E-state index contributed by atoms with van der Waals surface area (Å²) in [4.78, 5) is 0. The molecule has 0 saturated carbocycles. The maximum absolute atomic E-state index is 3.79. The molecule has 0 aliphatic carbocycles. The highest BCUT2D eigenvalue weighted by molar-refractivity contribution is 9.10. The quantitative estimate of drug-likeness (QED) is 0.175. The van der Waals surface area contributed by atoms with E-state index in [9.17, 15) is 0 Å². The molecule has 0 radical (unpaired) electrons. The summed E-state index contributed by atoms with van der Waals surface area (Å²) in [6.07, 6.45) is 0. The molecule has 7 rings (SSSR count). The molecule has 0 amide bonds. The third-order valence-corrected chi connectivity index (χ3v) is 8.40. The normalized spacial score (nSPS) is 10.9. The van der Waals surface area contributed by atoms with Crippen molar-refractivity contribution in [2.75, 3.05) is 0 Å². The Balaban J connectivity index is 1.17. The Morgan fingerprint density at radius 3 is 0.837 bits per heavy atom. The van der Waals surface area contributed by atoms with Crippen LogP contribution in [-0.4, -0.2) is 0 Å². The Labute approximate surface area is 262 Å². The van der Waals surface area contributed by atoms with Gasteiger partial charge in [-0.25, -0.2) is 0 Å². The van der Waals surface area contributed by atoms with E-state index in [-0.39, 0.29) is 0 Å². The van der Waals surface area contributed by atoms with E-state index < -0.39 is 0 Å². The van der Waals surface area contributed by atoms with Crippen LogP contribution in [0.25, 0.3) is 66.8 Å². The maximum atomic E-state index is 3.79. The molecule has 0 unspecified atom stereocenters. The summed E-state index contributed by atoms with van der Waals surface area (Å²) in [5.41, 5.74) is 14.5. The van der Waals surface area contributed by atoms with Crippen LogP contribution in [0.15, 0.2) is 180 Å². The zero-order valence-electron chi connectivity index (χ0n) is 23.6. The van der Waals surface area contributed by atoms with Gasteiger partial charge in [0, 0.05) is 4.47 Å². The van der Waals surface area contributed by atoms with Crippen molar-refractivity contribution >= 4 is 15.9 Å². The van der Waals surface area contributed by atoms with Gasteiger partial charge in [-0.05, 0) is 97.1 Å². The second-order valence-corrected chi connectivity index (χ2v) is 11.7. The number of hydrogen-bond donors (Lipinski definition) is 0. The molecule has 0 bridgehead atoms. The molecule has 0 fully saturated rings. The first kappa shape index (κ1) is 26.9. The standard InChI is InChI=1S/C42H29Br/c43-42-28-40(38-15-7-13-36(25-38)34-21-17-32(18-22-34)30-9-3-1-4-10-30)27-41(29-42)39-16-8-14-37(26-39)35-23-19-33(20-24-35)31-11-5-2-6-12-31/h1-29H. The largest absolute Gasteiger partial charge is 0.0622 e. The van der Waals surface area contributed by atoms with Crippen molar-refractivity contribution < 1.29 is 0 Å². The molecule has 0 heterocycles. The molecular weight excluding hydrogens is 584 g/mol. The van der Waals surface area contributed by atoms with E-state index in [4.69, 9.17) is 0 Å². The molecular formula is C42H29Br. The molecule has 7 aromatic carbocycles. The van der Waals surface area contributed by atoms with E-state index in [1.165, 1.54) is 66.8 Å². The zero-order valence-corrected chi connectivity index (χ0v) is 25.2. The van der Waals surface area contributed by atoms with Gasteiger partial charge in [0.05, 0.1) is 0 Å². The van der Waals surface area contributed by atoms with Gasteiger partial charge in [-0.3, -0.25) is 0 Å². The number of halogens is 1. The van der Waals surface area contributed by atoms with E-state index >= 15 is 0 Å². The Morgan fingerprint density at radius 2 is 0.465 bits per heavy atom. The van der Waals surface area contributed by atoms with Crippen LogP contribution in [0.2, 0.25) is 0 Å². The summed E-state index contributed by atoms with van der Waals surface area (Å²) in [5.74, 6) is 0. The Kier molecular flexibility index (Phi) is 7.56. The molecule has 0 saturated heterocycles. The van der Waals surface area contributed by atoms with Crippen molar-refractivity contribution in [3.05, 3.63) is 180 Å². The summed E-state index contributed by atoms with van der Waals surface area (Å²) < 4.78 is 1.07. The summed E-state index contributed by atoms with van der Waals surface area (Å²) in [5, 5.41) is 0. The van der Waals surface area contributed by atoms with Gasteiger partial charge in [0.2, 0.25) is 0 Å². The van der Waals surface area contributed by atoms with Crippen LogP contribution in [0.5, 0.6) is 0 Å². The summed E-state index contributed by atoms with van der Waals surface area (Å²) >= 11 is 3.79. The second-order valence-electron chi connectivity index (χ2n) is 10.8. The van der Waals surface area contributed by atoms with Gasteiger partial charge in [0.15, 0.2) is 0 Å². The van der Waals surface area contributed by atoms with Gasteiger partial charge < -0.3 is 0 Å². The van der Waals surface area contributed by atoms with E-state index in [0.717, 1.165) is 4.47 Å². The molecule has 0 aliphatic rings. The van der Waals surface area contributed by atoms with Gasteiger partial charge in [-0.2, -0.15) is 0 Å². The lowest BCUT2D eigenvalue weighted by atomic mass is 9.94. The van der Waals surface area contributed by atoms with Gasteiger partial charge in [-0.1, -0.05) is 162 Å². The molecule has 0 aliphatic heterocycles. The summed E-state index contributed by atoms with van der Waals surface area (Å²) in [6.45, 7) is 0. The second kappa shape index (κ2) is 12.1. The fourth-order valence-electron chi connectivity index (χ4n) is 5.65. The SMILES string of the molecule is Brc1cc(-c2cccc(-c3ccc(-c4ccccc4)cc3)c2)cc(-c2cccc(-c3ccc(-c4ccccc4)cc3)c2)c1. The molecule has 7 aromatic rings. The van der Waals surface area contributed by atoms with Crippen LogP contribution in [0.1, 0.15) is 0 Å². The first-order valence-corrected chi connectivity index (χ1v) is 15.3. The predicted molar refractivity (Wildman–Crippen MR) is 187 cm³/mol. The number of hydrogen-bond acceptors (Lipinski definition) is 0. The van der Waals surface area contributed by atoms with Crippen LogP contribution in [0, 0.1) is 0 Å². The van der Waals surface area contributed by atoms with Crippen molar-refractivity contribution in [1.29, 1.82) is 0 Å². The van der Waals surface area contributed by atoms with Crippen molar-refractivity contribution in [2.45, 2.75) is 0 Å². The first-order chi connectivity index (χ1) is 21.2. The van der Waals surface area contributed by atoms with Crippen LogP contribution < -0.4 is 0 Å². The minimum atomic E-state index is 1.07. The molecule has 0 aromatic heterocycles. The highest BCUT2D eigenvalue weighted by Crippen LogP contribution is 2.35. The van der Waals surface area contributed by atoms with Crippen molar-refractivity contribution in [3.63, 3.8) is 0 Å². The highest BCUT2D eigenvalue weighted by Gasteiger charge is 2.09. The average molecular weight is 614 g/mol. The van der Waals surface area contributed by atoms with Crippen molar-refractivity contribution in [3.8, 4) is 66.8 Å². The fourth-order valence-corrected chi connectivity index (χ4v) is 6.14. The third kappa shape index (κ3) is 6.00. The lowest BCUT2D eigenvalue weighted by molar-refractivity contribution is 1.54. The van der Waals surface area contributed by atoms with Crippen LogP contribution in [0.4, 0.5) is 0 Å². The van der Waals surface area contributed by atoms with Gasteiger partial charge >= 0.3 is 0 Å². The molecule has 0 nitrogen and oxygen atoms in total. The Bertz CT molecular complexity index is 1840. The average Bonchev–Trinajstić information content (AvgIpc) is 3.09. The number of rotatable bonds is 6. The van der Waals surface area contributed by atoms with Crippen LogP contribution in [-0.2, 0) is 0 Å². The van der Waals surface area contributed by atoms with E-state index in [1.807, 2.05) is 0 Å². The van der Waals surface area contributed by atoms with E-state index in [0.29, 0.717) is 0 Å². The Hall–Kier alpha value is -4.98. The zero-order chi connectivity index (χ0) is 29.0. The van der Waals surface area contributed by atoms with Gasteiger partial charge in [0.25, 0.3) is 0 Å². The molecule has 1 heteroatoms. The molecule has 43 heavy (non-hydrogen) atoms. The topological polar surface area (TPSA) is 0 Å². The minimum absolute atomic E-state index is 1.07. The smallest absolute Gasteiger partial charge is 0.0187 e. The van der Waals surface area contributed by atoms with Crippen LogP contribution >= 0.6 is 15.9 Å². The summed E-state index contributed by atoms with van der Waals surface area (Å²) in [7, 11) is 0. The third-order valence-electron chi connectivity index (χ3n) is 7.94. The first-order valence-electron chi connectivity index (χ1n) is 14.5. The van der Waals surface area contributed by atoms with Crippen molar-refractivity contribution in [1.82, 2.24) is 0 Å². The highest BCUT2D eigenvalue weighted by atomic mass is 79.9. The number of benzene rings is 7. The van der Waals surface area contributed by atoms with Gasteiger partial charge in [-0.15, -0.1) is 0 Å². The van der Waals surface area contributed by atoms with Crippen molar-refractivity contribution in [2.24, 2.45) is 0 Å². The van der Waals surface area contributed by atoms with Crippen LogP contribution in [0.3, 0.4) is 0 Å². The van der Waals surface area contributed by atoms with E-state index in [2.05, 4.69) is 192 Å². The lowest BCUT2D eigenvalue weighted by Crippen LogP contribution is -1.86. The molecule has 0 N–H and O–H groups in total. The summed E-state index contributed by atoms with van der Waals surface area (Å²) in [6, 6.07) is 63.0. The molecule has 204 valence electrons. The minimum Gasteiger partial charge on any atom is -0.0622 e. The Morgan fingerprint density at radius 1 is 0.209 bits per heavy atom. The molecule has 0 spiro atoms. The fraction of sp³-hybridized carbons (Fsp3) is 0. The maximum Gasteiger partial charge on any atom is 0.0187 e. The predicted octanol–water partition coefficient (Wildman–Crippen LogP) is 12.5. The monoisotopic (exact) mass is 612 g/mol. The molecule has 0 atom stereocenters. The van der Waals surface area contributed by atoms with Gasteiger partial charge in [0.1, 0.15) is 0 Å².